The Hall–Kier alpha value is -2.17. The van der Waals surface area contributed by atoms with Gasteiger partial charge in [-0.25, -0.2) is 9.48 Å². The fourth-order valence-corrected chi connectivity index (χ4v) is 1.77. The second kappa shape index (κ2) is 5.00. The first-order chi connectivity index (χ1) is 8.67. The maximum absolute atomic E-state index is 11.5. The van der Waals surface area contributed by atoms with Crippen LogP contribution in [0.3, 0.4) is 0 Å². The topological polar surface area (TPSA) is 57.0 Å². The SMILES string of the molecule is CCc1cccc(-n2nnc(C(=O)OC)c2C)c1. The molecule has 0 unspecified atom stereocenters. The van der Waals surface area contributed by atoms with E-state index in [1.54, 1.807) is 11.6 Å². The minimum atomic E-state index is -0.467. The van der Waals surface area contributed by atoms with E-state index in [1.165, 1.54) is 12.7 Å². The Morgan fingerprint density at radius 3 is 2.89 bits per heavy atom. The van der Waals surface area contributed by atoms with Crippen LogP contribution in [0, 0.1) is 6.92 Å². The van der Waals surface area contributed by atoms with Crippen molar-refractivity contribution in [1.29, 1.82) is 0 Å². The van der Waals surface area contributed by atoms with E-state index >= 15 is 0 Å². The maximum Gasteiger partial charge on any atom is 0.360 e. The summed E-state index contributed by atoms with van der Waals surface area (Å²) in [6.45, 7) is 3.89. The number of carbonyl (C=O) groups is 1. The third-order valence-corrected chi connectivity index (χ3v) is 2.84. The molecule has 0 spiro atoms. The van der Waals surface area contributed by atoms with Crippen LogP contribution < -0.4 is 0 Å². The number of nitrogens with zero attached hydrogens (tertiary/aromatic N) is 3. The zero-order valence-electron chi connectivity index (χ0n) is 10.7. The van der Waals surface area contributed by atoms with Crippen molar-refractivity contribution in [2.24, 2.45) is 0 Å². The van der Waals surface area contributed by atoms with Gasteiger partial charge in [0.15, 0.2) is 5.69 Å². The molecule has 0 aliphatic carbocycles. The number of esters is 1. The number of carbonyl (C=O) groups excluding carboxylic acids is 1. The van der Waals surface area contributed by atoms with Crippen molar-refractivity contribution >= 4 is 5.97 Å². The van der Waals surface area contributed by atoms with Gasteiger partial charge in [0.05, 0.1) is 18.5 Å². The molecule has 0 aliphatic rings. The van der Waals surface area contributed by atoms with Crippen molar-refractivity contribution in [3.05, 3.63) is 41.2 Å². The lowest BCUT2D eigenvalue weighted by molar-refractivity contribution is 0.0593. The highest BCUT2D eigenvalue weighted by Gasteiger charge is 2.17. The first kappa shape index (κ1) is 12.3. The molecule has 0 saturated carbocycles. The standard InChI is InChI=1S/C13H15N3O2/c1-4-10-6-5-7-11(8-10)16-9(2)12(14-15-16)13(17)18-3/h5-8H,4H2,1-3H3. The molecule has 2 aromatic rings. The average Bonchev–Trinajstić information content (AvgIpc) is 2.80. The smallest absolute Gasteiger partial charge is 0.360 e. The lowest BCUT2D eigenvalue weighted by atomic mass is 10.1. The van der Waals surface area contributed by atoms with Crippen molar-refractivity contribution in [3.63, 3.8) is 0 Å². The molecule has 5 nitrogen and oxygen atoms in total. The van der Waals surface area contributed by atoms with Crippen LogP contribution in [-0.2, 0) is 11.2 Å². The Bertz CT molecular complexity index is 575. The normalized spacial score (nSPS) is 10.4. The predicted octanol–water partition coefficient (Wildman–Crippen LogP) is 1.92. The first-order valence-electron chi connectivity index (χ1n) is 5.77. The van der Waals surface area contributed by atoms with Crippen LogP contribution in [0.4, 0.5) is 0 Å². The van der Waals surface area contributed by atoms with E-state index in [2.05, 4.69) is 28.0 Å². The molecule has 2 rings (SSSR count). The monoisotopic (exact) mass is 245 g/mol. The van der Waals surface area contributed by atoms with Gasteiger partial charge in [0.1, 0.15) is 0 Å². The fraction of sp³-hybridized carbons (Fsp3) is 0.308. The quantitative estimate of drug-likeness (QED) is 0.775. The molecule has 0 saturated heterocycles. The molecule has 18 heavy (non-hydrogen) atoms. The van der Waals surface area contributed by atoms with Gasteiger partial charge >= 0.3 is 5.97 Å². The maximum atomic E-state index is 11.5. The van der Waals surface area contributed by atoms with Crippen molar-refractivity contribution in [2.45, 2.75) is 20.3 Å². The van der Waals surface area contributed by atoms with Gasteiger partial charge in [-0.05, 0) is 31.0 Å². The molecule has 0 radical (unpaired) electrons. The molecule has 0 N–H and O–H groups in total. The number of benzene rings is 1. The number of aromatic nitrogens is 3. The van der Waals surface area contributed by atoms with Gasteiger partial charge in [0.2, 0.25) is 0 Å². The summed E-state index contributed by atoms with van der Waals surface area (Å²) in [5, 5.41) is 7.85. The van der Waals surface area contributed by atoms with Gasteiger partial charge < -0.3 is 4.74 Å². The molecule has 1 heterocycles. The van der Waals surface area contributed by atoms with Crippen LogP contribution in [-0.4, -0.2) is 28.1 Å². The second-order valence-corrected chi connectivity index (χ2v) is 3.95. The Labute approximate surface area is 105 Å². The highest BCUT2D eigenvalue weighted by Crippen LogP contribution is 2.14. The van der Waals surface area contributed by atoms with Crippen molar-refractivity contribution in [1.82, 2.24) is 15.0 Å². The zero-order valence-corrected chi connectivity index (χ0v) is 10.7. The minimum absolute atomic E-state index is 0.249. The third-order valence-electron chi connectivity index (χ3n) is 2.84. The lowest BCUT2D eigenvalue weighted by Gasteiger charge is -2.05. The average molecular weight is 245 g/mol. The van der Waals surface area contributed by atoms with Crippen molar-refractivity contribution < 1.29 is 9.53 Å². The number of aryl methyl sites for hydroxylation is 1. The summed E-state index contributed by atoms with van der Waals surface area (Å²) in [7, 11) is 1.33. The number of hydrogen-bond donors (Lipinski definition) is 0. The number of ether oxygens (including phenoxy) is 1. The van der Waals surface area contributed by atoms with E-state index < -0.39 is 5.97 Å². The summed E-state index contributed by atoms with van der Waals surface area (Å²) in [6.07, 6.45) is 0.950. The predicted molar refractivity (Wildman–Crippen MR) is 66.8 cm³/mol. The van der Waals surface area contributed by atoms with Gasteiger partial charge in [-0.15, -0.1) is 5.10 Å². The Morgan fingerprint density at radius 1 is 1.44 bits per heavy atom. The third kappa shape index (κ3) is 2.11. The van der Waals surface area contributed by atoms with E-state index in [4.69, 9.17) is 0 Å². The molecule has 1 aromatic carbocycles. The van der Waals surface area contributed by atoms with Crippen LogP contribution in [0.1, 0.15) is 28.7 Å². The summed E-state index contributed by atoms with van der Waals surface area (Å²) >= 11 is 0. The molecule has 5 heteroatoms. The molecular formula is C13H15N3O2. The Kier molecular flexibility index (Phi) is 3.41. The number of hydrogen-bond acceptors (Lipinski definition) is 4. The van der Waals surface area contributed by atoms with E-state index in [-0.39, 0.29) is 5.69 Å². The summed E-state index contributed by atoms with van der Waals surface area (Å²) in [5.41, 5.74) is 3.03. The van der Waals surface area contributed by atoms with Gasteiger partial charge in [-0.1, -0.05) is 24.3 Å². The van der Waals surface area contributed by atoms with Crippen LogP contribution >= 0.6 is 0 Å². The minimum Gasteiger partial charge on any atom is -0.464 e. The lowest BCUT2D eigenvalue weighted by Crippen LogP contribution is -2.05. The summed E-state index contributed by atoms with van der Waals surface area (Å²) in [4.78, 5) is 11.5. The van der Waals surface area contributed by atoms with E-state index in [9.17, 15) is 4.79 Å². The van der Waals surface area contributed by atoms with Gasteiger partial charge in [-0.3, -0.25) is 0 Å². The van der Waals surface area contributed by atoms with Gasteiger partial charge in [0, 0.05) is 0 Å². The molecule has 1 aromatic heterocycles. The van der Waals surface area contributed by atoms with E-state index in [0.717, 1.165) is 12.1 Å². The molecule has 0 atom stereocenters. The summed E-state index contributed by atoms with van der Waals surface area (Å²) < 4.78 is 6.30. The molecule has 0 amide bonds. The zero-order chi connectivity index (χ0) is 13.1. The van der Waals surface area contributed by atoms with Crippen LogP contribution in [0.5, 0.6) is 0 Å². The first-order valence-corrected chi connectivity index (χ1v) is 5.77. The largest absolute Gasteiger partial charge is 0.464 e. The molecular weight excluding hydrogens is 230 g/mol. The molecule has 0 fully saturated rings. The van der Waals surface area contributed by atoms with Crippen molar-refractivity contribution in [2.75, 3.05) is 7.11 Å². The highest BCUT2D eigenvalue weighted by molar-refractivity contribution is 5.88. The summed E-state index contributed by atoms with van der Waals surface area (Å²) in [5.74, 6) is -0.467. The van der Waals surface area contributed by atoms with Crippen molar-refractivity contribution in [3.8, 4) is 5.69 Å². The van der Waals surface area contributed by atoms with E-state index in [0.29, 0.717) is 5.69 Å². The fourth-order valence-electron chi connectivity index (χ4n) is 1.77. The van der Waals surface area contributed by atoms with Crippen LogP contribution in [0.25, 0.3) is 5.69 Å². The molecule has 94 valence electrons. The number of rotatable bonds is 3. The highest BCUT2D eigenvalue weighted by atomic mass is 16.5. The Morgan fingerprint density at radius 2 is 2.22 bits per heavy atom. The number of methoxy groups -OCH3 is 1. The van der Waals surface area contributed by atoms with Crippen LogP contribution in [0.15, 0.2) is 24.3 Å². The summed E-state index contributed by atoms with van der Waals surface area (Å²) in [6, 6.07) is 7.98. The Balaban J connectivity index is 2.45. The van der Waals surface area contributed by atoms with Gasteiger partial charge in [0.25, 0.3) is 0 Å². The molecule has 0 aliphatic heterocycles. The van der Waals surface area contributed by atoms with Crippen LogP contribution in [0.2, 0.25) is 0 Å². The molecule has 0 bridgehead atoms. The van der Waals surface area contributed by atoms with Gasteiger partial charge in [-0.2, -0.15) is 0 Å². The second-order valence-electron chi connectivity index (χ2n) is 3.95. The van der Waals surface area contributed by atoms with E-state index in [1.807, 2.05) is 18.2 Å².